The van der Waals surface area contributed by atoms with E-state index in [9.17, 15) is 4.79 Å². The van der Waals surface area contributed by atoms with Gasteiger partial charge in [-0.3, -0.25) is 0 Å². The molecule has 3 N–H and O–H groups in total. The van der Waals surface area contributed by atoms with Crippen LogP contribution in [0, 0.1) is 0 Å². The smallest absolute Gasteiger partial charge is 0.319 e. The Morgan fingerprint density at radius 3 is 2.91 bits per heavy atom. The van der Waals surface area contributed by atoms with Crippen LogP contribution in [0.3, 0.4) is 0 Å². The second kappa shape index (κ2) is 11.4. The quantitative estimate of drug-likeness (QED) is 0.308. The average Bonchev–Trinajstić information content (AvgIpc) is 3.22. The molecule has 0 unspecified atom stereocenters. The summed E-state index contributed by atoms with van der Waals surface area (Å²) in [5.74, 6) is 1.52. The largest absolute Gasteiger partial charge is 0.495 e. The summed E-state index contributed by atoms with van der Waals surface area (Å²) < 4.78 is 7.86. The lowest BCUT2D eigenvalue weighted by atomic mass is 10.1. The molecule has 1 aliphatic rings. The summed E-state index contributed by atoms with van der Waals surface area (Å²) in [6.45, 7) is 1.29. The summed E-state index contributed by atoms with van der Waals surface area (Å²) in [6, 6.07) is 9.36. The number of nitrogens with one attached hydrogen (secondary N) is 3. The van der Waals surface area contributed by atoms with Gasteiger partial charge in [0.1, 0.15) is 11.6 Å². The summed E-state index contributed by atoms with van der Waals surface area (Å²) in [4.78, 5) is 16.9. The van der Waals surface area contributed by atoms with Crippen LogP contribution in [0.4, 0.5) is 10.6 Å². The van der Waals surface area contributed by atoms with E-state index in [0.717, 1.165) is 52.9 Å². The van der Waals surface area contributed by atoms with Crippen molar-refractivity contribution in [3.05, 3.63) is 69.6 Å². The molecular weight excluding hydrogens is 520 g/mol. The van der Waals surface area contributed by atoms with E-state index in [-0.39, 0.29) is 6.03 Å². The number of amides is 2. The maximum Gasteiger partial charge on any atom is 0.319 e. The van der Waals surface area contributed by atoms with Gasteiger partial charge in [0, 0.05) is 29.7 Å². The van der Waals surface area contributed by atoms with Gasteiger partial charge in [-0.1, -0.05) is 35.9 Å². The fourth-order valence-corrected chi connectivity index (χ4v) is 4.26. The van der Waals surface area contributed by atoms with E-state index in [0.29, 0.717) is 29.5 Å². The molecule has 3 aromatic rings. The zero-order chi connectivity index (χ0) is 23.9. The average molecular weight is 546 g/mol. The van der Waals surface area contributed by atoms with E-state index in [1.54, 1.807) is 17.8 Å². The third-order valence-electron chi connectivity index (χ3n) is 5.39. The van der Waals surface area contributed by atoms with Crippen molar-refractivity contribution in [1.29, 1.82) is 0 Å². The highest BCUT2D eigenvalue weighted by Crippen LogP contribution is 2.30. The zero-order valence-corrected chi connectivity index (χ0v) is 21.1. The lowest BCUT2D eigenvalue weighted by Crippen LogP contribution is -2.36. The third kappa shape index (κ3) is 5.71. The van der Waals surface area contributed by atoms with Crippen LogP contribution in [0.1, 0.15) is 25.7 Å². The fraction of sp³-hybridized carbons (Fsp3) is 0.292. The highest BCUT2D eigenvalue weighted by Gasteiger charge is 2.14. The summed E-state index contributed by atoms with van der Waals surface area (Å²) >= 11 is 9.91. The molecule has 10 heteroatoms. The SMILES string of the molecule is COC1=C(NC(=O)NCCCCNc2cc(-c3ccccc3Cl)nc3c(Br)cnn23)CCC=C1. The maximum absolute atomic E-state index is 12.2. The van der Waals surface area contributed by atoms with Crippen molar-refractivity contribution in [2.45, 2.75) is 25.7 Å². The molecular formula is C24H26BrClN6O2. The number of aromatic nitrogens is 3. The van der Waals surface area contributed by atoms with Crippen LogP contribution in [-0.2, 0) is 4.74 Å². The number of urea groups is 1. The fourth-order valence-electron chi connectivity index (χ4n) is 3.68. The Hall–Kier alpha value is -3.04. The minimum Gasteiger partial charge on any atom is -0.495 e. The van der Waals surface area contributed by atoms with Crippen molar-refractivity contribution in [2.24, 2.45) is 0 Å². The van der Waals surface area contributed by atoms with E-state index >= 15 is 0 Å². The Morgan fingerprint density at radius 2 is 2.09 bits per heavy atom. The number of carbonyl (C=O) groups excluding carboxylic acids is 1. The molecule has 0 bridgehead atoms. The molecule has 0 spiro atoms. The summed E-state index contributed by atoms with van der Waals surface area (Å²) in [7, 11) is 1.60. The van der Waals surface area contributed by atoms with Gasteiger partial charge in [-0.15, -0.1) is 0 Å². The monoisotopic (exact) mass is 544 g/mol. The zero-order valence-electron chi connectivity index (χ0n) is 18.8. The summed E-state index contributed by atoms with van der Waals surface area (Å²) in [5, 5.41) is 14.3. The van der Waals surface area contributed by atoms with Crippen molar-refractivity contribution >= 4 is 45.0 Å². The van der Waals surface area contributed by atoms with Crippen molar-refractivity contribution in [1.82, 2.24) is 25.2 Å². The van der Waals surface area contributed by atoms with E-state index in [4.69, 9.17) is 21.3 Å². The molecule has 34 heavy (non-hydrogen) atoms. The molecule has 2 amide bonds. The molecule has 0 saturated heterocycles. The number of nitrogens with zero attached hydrogens (tertiary/aromatic N) is 3. The van der Waals surface area contributed by atoms with Crippen molar-refractivity contribution < 1.29 is 9.53 Å². The minimum absolute atomic E-state index is 0.213. The van der Waals surface area contributed by atoms with Gasteiger partial charge in [-0.05, 0) is 53.8 Å². The molecule has 2 heterocycles. The van der Waals surface area contributed by atoms with E-state index in [1.807, 2.05) is 42.5 Å². The Labute approximate surface area is 211 Å². The summed E-state index contributed by atoms with van der Waals surface area (Å²) in [6.07, 6.45) is 8.98. The van der Waals surface area contributed by atoms with Crippen LogP contribution >= 0.6 is 27.5 Å². The first kappa shape index (κ1) is 24.1. The molecule has 0 atom stereocenters. The number of ether oxygens (including phenoxy) is 1. The molecule has 0 aliphatic heterocycles. The highest BCUT2D eigenvalue weighted by molar-refractivity contribution is 9.10. The first-order valence-corrected chi connectivity index (χ1v) is 12.3. The van der Waals surface area contributed by atoms with Gasteiger partial charge < -0.3 is 20.7 Å². The molecule has 2 aromatic heterocycles. The Bertz CT molecular complexity index is 1240. The number of benzene rings is 1. The molecule has 0 radical (unpaired) electrons. The molecule has 0 saturated carbocycles. The standard InChI is InChI=1S/C24H26BrClN6O2/c1-34-21-11-5-4-10-19(21)31-24(33)28-13-7-6-12-27-22-14-20(16-8-2-3-9-18(16)26)30-23-17(25)15-29-32(22)23/h2-3,5,8-9,11,14-15,27H,4,6-7,10,12-13H2,1H3,(H2,28,31,33). The second-order valence-electron chi connectivity index (χ2n) is 7.74. The van der Waals surface area contributed by atoms with E-state index in [1.165, 1.54) is 0 Å². The van der Waals surface area contributed by atoms with Gasteiger partial charge >= 0.3 is 6.03 Å². The number of methoxy groups -OCH3 is 1. The first-order valence-electron chi connectivity index (χ1n) is 11.1. The van der Waals surface area contributed by atoms with Crippen LogP contribution in [0.25, 0.3) is 16.9 Å². The molecule has 0 fully saturated rings. The Balaban J connectivity index is 1.31. The van der Waals surface area contributed by atoms with E-state index in [2.05, 4.69) is 37.0 Å². The maximum atomic E-state index is 12.2. The van der Waals surface area contributed by atoms with Gasteiger partial charge in [-0.2, -0.15) is 9.61 Å². The topological polar surface area (TPSA) is 92.6 Å². The number of rotatable bonds is 9. The predicted octanol–water partition coefficient (Wildman–Crippen LogP) is 5.51. The van der Waals surface area contributed by atoms with Gasteiger partial charge in [0.25, 0.3) is 0 Å². The number of fused-ring (bicyclic) bond motifs is 1. The van der Waals surface area contributed by atoms with Crippen LogP contribution in [0.2, 0.25) is 5.02 Å². The van der Waals surface area contributed by atoms with Crippen LogP contribution in [0.15, 0.2) is 64.6 Å². The van der Waals surface area contributed by atoms with Crippen molar-refractivity contribution in [2.75, 3.05) is 25.5 Å². The number of anilines is 1. The second-order valence-corrected chi connectivity index (χ2v) is 9.00. The molecule has 1 aromatic carbocycles. The molecule has 8 nitrogen and oxygen atoms in total. The number of hydrogen-bond donors (Lipinski definition) is 3. The number of allylic oxidation sites excluding steroid dienone is 3. The third-order valence-corrected chi connectivity index (χ3v) is 6.27. The van der Waals surface area contributed by atoms with Gasteiger partial charge in [0.2, 0.25) is 0 Å². The number of carbonyl (C=O) groups is 1. The lowest BCUT2D eigenvalue weighted by Gasteiger charge is -2.16. The molecule has 4 rings (SSSR count). The number of halogens is 2. The molecule has 178 valence electrons. The normalized spacial score (nSPS) is 13.3. The predicted molar refractivity (Wildman–Crippen MR) is 138 cm³/mol. The molecule has 1 aliphatic carbocycles. The van der Waals surface area contributed by atoms with Crippen LogP contribution in [0.5, 0.6) is 0 Å². The Kier molecular flexibility index (Phi) is 8.08. The number of hydrogen-bond acceptors (Lipinski definition) is 5. The van der Waals surface area contributed by atoms with E-state index < -0.39 is 0 Å². The minimum atomic E-state index is -0.213. The van der Waals surface area contributed by atoms with Crippen molar-refractivity contribution in [3.8, 4) is 11.3 Å². The van der Waals surface area contributed by atoms with Gasteiger partial charge in [-0.25, -0.2) is 9.78 Å². The van der Waals surface area contributed by atoms with Crippen LogP contribution in [-0.4, -0.2) is 40.8 Å². The number of unbranched alkanes of at least 4 members (excludes halogenated alkanes) is 1. The van der Waals surface area contributed by atoms with Gasteiger partial charge in [0.05, 0.1) is 29.2 Å². The van der Waals surface area contributed by atoms with Gasteiger partial charge in [0.15, 0.2) is 5.65 Å². The highest BCUT2D eigenvalue weighted by atomic mass is 79.9. The summed E-state index contributed by atoms with van der Waals surface area (Å²) in [5.41, 5.74) is 3.15. The van der Waals surface area contributed by atoms with Crippen LogP contribution < -0.4 is 16.0 Å². The van der Waals surface area contributed by atoms with Crippen molar-refractivity contribution in [3.63, 3.8) is 0 Å². The Morgan fingerprint density at radius 1 is 1.26 bits per heavy atom. The lowest BCUT2D eigenvalue weighted by molar-refractivity contribution is 0.240. The first-order chi connectivity index (χ1) is 16.6.